The molecule has 0 bridgehead atoms. The zero-order valence-corrected chi connectivity index (χ0v) is 11.8. The minimum Gasteiger partial charge on any atom is -0.335 e. The lowest BCUT2D eigenvalue weighted by Gasteiger charge is -2.41. The van der Waals surface area contributed by atoms with Gasteiger partial charge in [0.2, 0.25) is 0 Å². The number of urea groups is 1. The second-order valence-electron chi connectivity index (χ2n) is 5.25. The number of carbonyl (C=O) groups is 1. The predicted molar refractivity (Wildman–Crippen MR) is 73.8 cm³/mol. The molecule has 0 unspecified atom stereocenters. The highest BCUT2D eigenvalue weighted by molar-refractivity contribution is 5.76. The number of hydrogen-bond donors (Lipinski definition) is 0. The van der Waals surface area contributed by atoms with Crippen LogP contribution in [0.2, 0.25) is 0 Å². The van der Waals surface area contributed by atoms with E-state index in [0.29, 0.717) is 13.3 Å². The van der Waals surface area contributed by atoms with Crippen molar-refractivity contribution in [3.63, 3.8) is 0 Å². The van der Waals surface area contributed by atoms with Gasteiger partial charge < -0.3 is 14.7 Å². The summed E-state index contributed by atoms with van der Waals surface area (Å²) in [5.41, 5.74) is 5.06. The van der Waals surface area contributed by atoms with Crippen LogP contribution in [0.1, 0.15) is 16.7 Å². The molecule has 4 heteroatoms. The lowest BCUT2D eigenvalue weighted by atomic mass is 10.0. The molecule has 1 saturated heterocycles. The van der Waals surface area contributed by atoms with Crippen LogP contribution < -0.4 is 4.90 Å². The van der Waals surface area contributed by atoms with Crippen molar-refractivity contribution >= 4 is 11.7 Å². The summed E-state index contributed by atoms with van der Waals surface area (Å²) in [5.74, 6) is 0. The summed E-state index contributed by atoms with van der Waals surface area (Å²) in [7, 11) is 3.67. The number of anilines is 1. The molecule has 4 nitrogen and oxygen atoms in total. The highest BCUT2D eigenvalue weighted by Gasteiger charge is 2.26. The molecular weight excluding hydrogens is 226 g/mol. The smallest absolute Gasteiger partial charge is 0.322 e. The first-order chi connectivity index (χ1) is 8.40. The number of hydrogen-bond acceptors (Lipinski definition) is 2. The molecule has 0 radical (unpaired) electrons. The normalized spacial score (nSPS) is 16.5. The fourth-order valence-electron chi connectivity index (χ4n) is 2.78. The van der Waals surface area contributed by atoms with Crippen LogP contribution in [0.3, 0.4) is 0 Å². The van der Waals surface area contributed by atoms with E-state index < -0.39 is 0 Å². The monoisotopic (exact) mass is 247 g/mol. The molecule has 2 amide bonds. The van der Waals surface area contributed by atoms with E-state index >= 15 is 0 Å². The fourth-order valence-corrected chi connectivity index (χ4v) is 2.78. The highest BCUT2D eigenvalue weighted by atomic mass is 16.2. The minimum atomic E-state index is 0.0775. The third-order valence-corrected chi connectivity index (χ3v) is 3.37. The summed E-state index contributed by atoms with van der Waals surface area (Å²) in [6.45, 7) is 7.67. The van der Waals surface area contributed by atoms with Crippen molar-refractivity contribution in [2.45, 2.75) is 20.8 Å². The number of aryl methyl sites for hydroxylation is 3. The van der Waals surface area contributed by atoms with Crippen LogP contribution >= 0.6 is 0 Å². The zero-order chi connectivity index (χ0) is 13.4. The summed E-state index contributed by atoms with van der Waals surface area (Å²) in [6.07, 6.45) is 0. The van der Waals surface area contributed by atoms with Crippen LogP contribution in [0.5, 0.6) is 0 Å². The van der Waals surface area contributed by atoms with E-state index in [1.165, 1.54) is 22.4 Å². The number of amides is 2. The van der Waals surface area contributed by atoms with Crippen LogP contribution in [0.4, 0.5) is 10.5 Å². The first-order valence-electron chi connectivity index (χ1n) is 6.19. The quantitative estimate of drug-likeness (QED) is 0.761. The minimum absolute atomic E-state index is 0.0775. The van der Waals surface area contributed by atoms with Gasteiger partial charge in [-0.3, -0.25) is 0 Å². The standard InChI is InChI=1S/C14H21N3O/c1-10-6-11(2)13(12(3)7-10)17-8-15(4)14(18)16(5)9-17/h6-7H,8-9H2,1-5H3. The Balaban J connectivity index is 2.35. The van der Waals surface area contributed by atoms with Crippen molar-refractivity contribution in [2.24, 2.45) is 0 Å². The molecule has 1 aliphatic rings. The first kappa shape index (κ1) is 12.7. The highest BCUT2D eigenvalue weighted by Crippen LogP contribution is 2.27. The Kier molecular flexibility index (Phi) is 3.20. The number of nitrogens with zero attached hydrogens (tertiary/aromatic N) is 3. The van der Waals surface area contributed by atoms with Gasteiger partial charge in [-0.05, 0) is 31.9 Å². The van der Waals surface area contributed by atoms with Crippen molar-refractivity contribution in [2.75, 3.05) is 32.3 Å². The molecule has 1 aliphatic heterocycles. The largest absolute Gasteiger partial charge is 0.335 e. The molecule has 18 heavy (non-hydrogen) atoms. The van der Waals surface area contributed by atoms with Crippen LogP contribution in [-0.4, -0.2) is 43.3 Å². The molecule has 0 atom stereocenters. The third kappa shape index (κ3) is 2.15. The van der Waals surface area contributed by atoms with Crippen LogP contribution in [-0.2, 0) is 0 Å². The van der Waals surface area contributed by atoms with Gasteiger partial charge in [-0.25, -0.2) is 4.79 Å². The van der Waals surface area contributed by atoms with Gasteiger partial charge in [-0.2, -0.15) is 0 Å². The van der Waals surface area contributed by atoms with Crippen molar-refractivity contribution in [3.05, 3.63) is 28.8 Å². The molecule has 0 N–H and O–H groups in total. The first-order valence-corrected chi connectivity index (χ1v) is 6.19. The molecule has 1 aromatic carbocycles. The molecule has 0 aliphatic carbocycles. The van der Waals surface area contributed by atoms with E-state index in [1.54, 1.807) is 9.80 Å². The van der Waals surface area contributed by atoms with Crippen LogP contribution in [0, 0.1) is 20.8 Å². The van der Waals surface area contributed by atoms with Gasteiger partial charge in [0.25, 0.3) is 0 Å². The van der Waals surface area contributed by atoms with Gasteiger partial charge in [0.15, 0.2) is 0 Å². The van der Waals surface area contributed by atoms with Crippen LogP contribution in [0.15, 0.2) is 12.1 Å². The molecule has 2 rings (SSSR count). The second kappa shape index (κ2) is 4.52. The molecule has 1 aromatic rings. The zero-order valence-electron chi connectivity index (χ0n) is 11.8. The van der Waals surface area contributed by atoms with Crippen LogP contribution in [0.25, 0.3) is 0 Å². The average molecular weight is 247 g/mol. The topological polar surface area (TPSA) is 26.8 Å². The Labute approximate surface area is 109 Å². The Bertz CT molecular complexity index is 447. The Morgan fingerprint density at radius 3 is 1.83 bits per heavy atom. The van der Waals surface area contributed by atoms with Crippen molar-refractivity contribution < 1.29 is 4.79 Å². The predicted octanol–water partition coefficient (Wildman–Crippen LogP) is 2.33. The van der Waals surface area contributed by atoms with Gasteiger partial charge >= 0.3 is 6.03 Å². The molecule has 98 valence electrons. The van der Waals surface area contributed by atoms with Gasteiger partial charge in [0.05, 0.1) is 13.3 Å². The average Bonchev–Trinajstić information content (AvgIpc) is 2.24. The fraction of sp³-hybridized carbons (Fsp3) is 0.500. The molecule has 1 fully saturated rings. The summed E-state index contributed by atoms with van der Waals surface area (Å²) in [6, 6.07) is 4.46. The number of carbonyl (C=O) groups excluding carboxylic acids is 1. The van der Waals surface area contributed by atoms with Gasteiger partial charge in [-0.15, -0.1) is 0 Å². The molecule has 1 heterocycles. The third-order valence-electron chi connectivity index (χ3n) is 3.37. The Morgan fingerprint density at radius 2 is 1.39 bits per heavy atom. The Morgan fingerprint density at radius 1 is 0.944 bits per heavy atom. The second-order valence-corrected chi connectivity index (χ2v) is 5.25. The molecular formula is C14H21N3O. The van der Waals surface area contributed by atoms with Gasteiger partial charge in [0.1, 0.15) is 0 Å². The number of rotatable bonds is 1. The van der Waals surface area contributed by atoms with Crippen molar-refractivity contribution in [1.82, 2.24) is 9.80 Å². The summed E-state index contributed by atoms with van der Waals surface area (Å²) in [4.78, 5) is 17.5. The van der Waals surface area contributed by atoms with E-state index in [2.05, 4.69) is 37.8 Å². The number of benzene rings is 1. The van der Waals surface area contributed by atoms with Crippen molar-refractivity contribution in [1.29, 1.82) is 0 Å². The van der Waals surface area contributed by atoms with E-state index in [0.717, 1.165) is 0 Å². The van der Waals surface area contributed by atoms with E-state index in [9.17, 15) is 4.79 Å². The maximum atomic E-state index is 11.8. The van der Waals surface area contributed by atoms with Crippen molar-refractivity contribution in [3.8, 4) is 0 Å². The van der Waals surface area contributed by atoms with E-state index in [4.69, 9.17) is 0 Å². The Hall–Kier alpha value is -1.71. The maximum Gasteiger partial charge on any atom is 0.322 e. The lowest BCUT2D eigenvalue weighted by molar-refractivity contribution is 0.154. The molecule has 0 spiro atoms. The lowest BCUT2D eigenvalue weighted by Crippen LogP contribution is -2.55. The summed E-state index contributed by atoms with van der Waals surface area (Å²) >= 11 is 0. The summed E-state index contributed by atoms with van der Waals surface area (Å²) in [5, 5.41) is 0. The molecule has 0 saturated carbocycles. The summed E-state index contributed by atoms with van der Waals surface area (Å²) < 4.78 is 0. The van der Waals surface area contributed by atoms with E-state index in [-0.39, 0.29) is 6.03 Å². The maximum absolute atomic E-state index is 11.8. The van der Waals surface area contributed by atoms with E-state index in [1.807, 2.05) is 14.1 Å². The van der Waals surface area contributed by atoms with Gasteiger partial charge in [-0.1, -0.05) is 17.7 Å². The molecule has 0 aromatic heterocycles. The SMILES string of the molecule is Cc1cc(C)c(N2CN(C)C(=O)N(C)C2)c(C)c1. The van der Waals surface area contributed by atoms with Gasteiger partial charge in [0, 0.05) is 19.8 Å².